The lowest BCUT2D eigenvalue weighted by Crippen LogP contribution is -2.45. The zero-order valence-electron chi connectivity index (χ0n) is 24.2. The Morgan fingerprint density at radius 3 is 2.58 bits per heavy atom. The van der Waals surface area contributed by atoms with E-state index in [2.05, 4.69) is 15.6 Å². The zero-order valence-corrected chi connectivity index (χ0v) is 25.0. The lowest BCUT2D eigenvalue weighted by Gasteiger charge is -2.32. The van der Waals surface area contributed by atoms with Crippen molar-refractivity contribution in [2.75, 3.05) is 19.5 Å². The number of amides is 3. The molecular weight excluding hydrogens is 566 g/mol. The molecule has 222 valence electrons. The van der Waals surface area contributed by atoms with Gasteiger partial charge in [0.15, 0.2) is 5.17 Å². The van der Waals surface area contributed by atoms with Crippen LogP contribution in [0.15, 0.2) is 82.8 Å². The average Bonchev–Trinajstić information content (AvgIpc) is 3.37. The highest BCUT2D eigenvalue weighted by Gasteiger charge is 2.42. The van der Waals surface area contributed by atoms with Crippen LogP contribution in [0.1, 0.15) is 37.3 Å². The number of anilines is 1. The Morgan fingerprint density at radius 1 is 1.00 bits per heavy atom. The second kappa shape index (κ2) is 13.6. The summed E-state index contributed by atoms with van der Waals surface area (Å²) in [5, 5.41) is 5.87. The van der Waals surface area contributed by atoms with Gasteiger partial charge in [-0.15, -0.1) is 0 Å². The van der Waals surface area contributed by atoms with E-state index in [9.17, 15) is 14.4 Å². The fourth-order valence-corrected chi connectivity index (χ4v) is 6.00. The molecule has 2 unspecified atom stereocenters. The Labute approximate surface area is 254 Å². The summed E-state index contributed by atoms with van der Waals surface area (Å²) in [4.78, 5) is 50.4. The number of ether oxygens (including phenoxy) is 2. The van der Waals surface area contributed by atoms with E-state index in [0.29, 0.717) is 46.8 Å². The molecule has 0 bridgehead atoms. The minimum atomic E-state index is -0.717. The van der Waals surface area contributed by atoms with Crippen LogP contribution in [-0.4, -0.2) is 59.1 Å². The van der Waals surface area contributed by atoms with E-state index in [0.717, 1.165) is 11.1 Å². The van der Waals surface area contributed by atoms with Crippen molar-refractivity contribution in [1.29, 1.82) is 0 Å². The van der Waals surface area contributed by atoms with Crippen molar-refractivity contribution in [3.05, 3.63) is 83.9 Å². The van der Waals surface area contributed by atoms with Crippen molar-refractivity contribution in [3.63, 3.8) is 0 Å². The SMILES string of the molecule is CCC(SC1=Nc2ccccc2C2=NC(=O)C(CCC(=O)NCc3ccccc3OC)N12)C(=O)Nc1cccc(OC)c1. The summed E-state index contributed by atoms with van der Waals surface area (Å²) in [7, 11) is 3.16. The summed E-state index contributed by atoms with van der Waals surface area (Å²) >= 11 is 1.28. The number of benzene rings is 3. The summed E-state index contributed by atoms with van der Waals surface area (Å²) in [5.41, 5.74) is 2.88. The minimum Gasteiger partial charge on any atom is -0.497 e. The molecule has 0 aliphatic carbocycles. The van der Waals surface area contributed by atoms with Crippen molar-refractivity contribution in [2.24, 2.45) is 9.98 Å². The molecule has 3 aromatic carbocycles. The lowest BCUT2D eigenvalue weighted by atomic mass is 10.1. The van der Waals surface area contributed by atoms with Crippen LogP contribution in [0.2, 0.25) is 0 Å². The number of hydrogen-bond donors (Lipinski definition) is 2. The molecule has 0 saturated heterocycles. The molecule has 0 fully saturated rings. The van der Waals surface area contributed by atoms with Gasteiger partial charge in [0.1, 0.15) is 23.4 Å². The Morgan fingerprint density at radius 2 is 1.79 bits per heavy atom. The van der Waals surface area contributed by atoms with Gasteiger partial charge in [-0.2, -0.15) is 4.99 Å². The molecule has 2 aliphatic heterocycles. The van der Waals surface area contributed by atoms with E-state index in [4.69, 9.17) is 14.5 Å². The summed E-state index contributed by atoms with van der Waals surface area (Å²) in [6, 6.07) is 21.4. The first kappa shape index (κ1) is 29.8. The smallest absolute Gasteiger partial charge is 0.270 e. The van der Waals surface area contributed by atoms with E-state index in [-0.39, 0.29) is 30.6 Å². The number of carbonyl (C=O) groups is 3. The molecule has 5 rings (SSSR count). The van der Waals surface area contributed by atoms with Gasteiger partial charge in [0.25, 0.3) is 5.91 Å². The molecule has 43 heavy (non-hydrogen) atoms. The van der Waals surface area contributed by atoms with Crippen LogP contribution in [0.5, 0.6) is 11.5 Å². The second-order valence-electron chi connectivity index (χ2n) is 9.93. The van der Waals surface area contributed by atoms with Crippen molar-refractivity contribution in [3.8, 4) is 11.5 Å². The van der Waals surface area contributed by atoms with E-state index < -0.39 is 11.3 Å². The first-order chi connectivity index (χ1) is 20.9. The normalized spacial score (nSPS) is 15.9. The summed E-state index contributed by atoms with van der Waals surface area (Å²) in [5.74, 6) is 1.08. The fourth-order valence-electron chi connectivity index (χ4n) is 4.93. The Bertz CT molecular complexity index is 1590. The molecule has 3 amide bonds. The predicted molar refractivity (Wildman–Crippen MR) is 168 cm³/mol. The Hall–Kier alpha value is -4.64. The van der Waals surface area contributed by atoms with Crippen LogP contribution >= 0.6 is 11.8 Å². The molecule has 11 heteroatoms. The molecule has 2 N–H and O–H groups in total. The highest BCUT2D eigenvalue weighted by atomic mass is 32.2. The largest absolute Gasteiger partial charge is 0.497 e. The molecule has 10 nitrogen and oxygen atoms in total. The number of rotatable bonds is 11. The van der Waals surface area contributed by atoms with Gasteiger partial charge in [0.05, 0.1) is 25.2 Å². The topological polar surface area (TPSA) is 122 Å². The van der Waals surface area contributed by atoms with Crippen LogP contribution in [0.3, 0.4) is 0 Å². The van der Waals surface area contributed by atoms with Gasteiger partial charge in [0, 0.05) is 35.8 Å². The van der Waals surface area contributed by atoms with Crippen molar-refractivity contribution in [2.45, 2.75) is 44.0 Å². The first-order valence-electron chi connectivity index (χ1n) is 14.0. The maximum absolute atomic E-state index is 13.3. The van der Waals surface area contributed by atoms with E-state index in [1.807, 2.05) is 55.5 Å². The summed E-state index contributed by atoms with van der Waals surface area (Å²) < 4.78 is 10.6. The van der Waals surface area contributed by atoms with Gasteiger partial charge >= 0.3 is 0 Å². The number of methoxy groups -OCH3 is 2. The van der Waals surface area contributed by atoms with Crippen LogP contribution in [0, 0.1) is 0 Å². The zero-order chi connectivity index (χ0) is 30.3. The average molecular weight is 600 g/mol. The van der Waals surface area contributed by atoms with Crippen LogP contribution in [0.4, 0.5) is 11.4 Å². The van der Waals surface area contributed by atoms with Crippen LogP contribution in [-0.2, 0) is 20.9 Å². The number of nitrogens with zero attached hydrogens (tertiary/aromatic N) is 3. The first-order valence-corrected chi connectivity index (χ1v) is 14.9. The third kappa shape index (κ3) is 6.72. The van der Waals surface area contributed by atoms with Crippen LogP contribution in [0.25, 0.3) is 0 Å². The number of hydrogen-bond acceptors (Lipinski definition) is 8. The van der Waals surface area contributed by atoms with Crippen molar-refractivity contribution in [1.82, 2.24) is 10.2 Å². The van der Waals surface area contributed by atoms with Gasteiger partial charge < -0.3 is 20.1 Å². The van der Waals surface area contributed by atoms with Crippen molar-refractivity contribution < 1.29 is 23.9 Å². The summed E-state index contributed by atoms with van der Waals surface area (Å²) in [6.07, 6.45) is 0.863. The standard InChI is InChI=1S/C32H33N5O5S/c1-4-27(31(40)34-21-11-9-12-22(18-21)41-2)43-32-35-24-14-7-6-13-23(24)29-36-30(39)25(37(29)32)16-17-28(38)33-19-20-10-5-8-15-26(20)42-3/h5-15,18,25,27H,4,16-17,19H2,1-3H3,(H,33,38)(H,34,40). The molecule has 2 aliphatic rings. The maximum atomic E-state index is 13.3. The van der Waals surface area contributed by atoms with Crippen LogP contribution < -0.4 is 20.1 Å². The van der Waals surface area contributed by atoms with Gasteiger partial charge in [0.2, 0.25) is 11.8 Å². The monoisotopic (exact) mass is 599 g/mol. The maximum Gasteiger partial charge on any atom is 0.270 e. The van der Waals surface area contributed by atoms with Gasteiger partial charge in [-0.25, -0.2) is 4.99 Å². The molecule has 0 radical (unpaired) electrons. The van der Waals surface area contributed by atoms with E-state index in [1.165, 1.54) is 11.8 Å². The fraction of sp³-hybridized carbons (Fsp3) is 0.281. The van der Waals surface area contributed by atoms with Gasteiger partial charge in [-0.3, -0.25) is 19.3 Å². The third-order valence-corrected chi connectivity index (χ3v) is 8.50. The number of amidine groups is 2. The van der Waals surface area contributed by atoms with E-state index >= 15 is 0 Å². The number of nitrogens with one attached hydrogen (secondary N) is 2. The number of para-hydroxylation sites is 2. The quantitative estimate of drug-likeness (QED) is 0.321. The highest BCUT2D eigenvalue weighted by molar-refractivity contribution is 8.15. The molecule has 0 aromatic heterocycles. The molecule has 0 saturated carbocycles. The third-order valence-electron chi connectivity index (χ3n) is 7.17. The second-order valence-corrected chi connectivity index (χ2v) is 11.1. The molecule has 0 spiro atoms. The molecule has 2 atom stereocenters. The molecular formula is C32H33N5O5S. The Balaban J connectivity index is 1.31. The molecule has 3 aromatic rings. The van der Waals surface area contributed by atoms with Gasteiger partial charge in [-0.1, -0.05) is 55.1 Å². The molecule has 2 heterocycles. The Kier molecular flexibility index (Phi) is 9.41. The van der Waals surface area contributed by atoms with Gasteiger partial charge in [-0.05, 0) is 43.2 Å². The number of thioether (sulfide) groups is 1. The van der Waals surface area contributed by atoms with E-state index in [1.54, 1.807) is 43.4 Å². The predicted octanol–water partition coefficient (Wildman–Crippen LogP) is 4.91. The lowest BCUT2D eigenvalue weighted by molar-refractivity contribution is -0.122. The number of aliphatic imine (C=N–C) groups is 2. The highest BCUT2D eigenvalue weighted by Crippen LogP contribution is 2.37. The summed E-state index contributed by atoms with van der Waals surface area (Å²) in [6.45, 7) is 2.23. The van der Waals surface area contributed by atoms with Crippen molar-refractivity contribution >= 4 is 51.9 Å². The number of fused-ring (bicyclic) bond motifs is 3. The minimum absolute atomic E-state index is 0.109. The number of carbonyl (C=O) groups excluding carboxylic acids is 3.